The third-order valence-corrected chi connectivity index (χ3v) is 6.58. The summed E-state index contributed by atoms with van der Waals surface area (Å²) in [6.07, 6.45) is 4.12. The van der Waals surface area contributed by atoms with Crippen molar-refractivity contribution in [3.8, 4) is 0 Å². The van der Waals surface area contributed by atoms with Crippen LogP contribution in [0.4, 0.5) is 0 Å². The second-order valence-corrected chi connectivity index (χ2v) is 9.14. The Hall–Kier alpha value is -0.770. The van der Waals surface area contributed by atoms with Crippen molar-refractivity contribution in [2.24, 2.45) is 5.41 Å². The minimum atomic E-state index is -0.350. The van der Waals surface area contributed by atoms with Gasteiger partial charge in [-0.05, 0) is 30.4 Å². The van der Waals surface area contributed by atoms with Crippen molar-refractivity contribution in [2.75, 3.05) is 13.1 Å². The lowest BCUT2D eigenvalue weighted by atomic mass is 9.67. The molecule has 1 aromatic carbocycles. The molecule has 2 saturated heterocycles. The number of rotatable bonds is 2. The SMILES string of the molecule is CC(=O)O[C@]1(C(C)(C)C)CCN2C[C@H](c3ccccc3Cl)CC[C@@H]2C1.Cl. The molecule has 0 amide bonds. The van der Waals surface area contributed by atoms with Gasteiger partial charge in [0, 0.05) is 49.3 Å². The van der Waals surface area contributed by atoms with Crippen molar-refractivity contribution in [1.29, 1.82) is 0 Å². The molecule has 0 radical (unpaired) electrons. The Morgan fingerprint density at radius 3 is 2.58 bits per heavy atom. The summed E-state index contributed by atoms with van der Waals surface area (Å²) in [6, 6.07) is 8.72. The summed E-state index contributed by atoms with van der Waals surface area (Å²) in [6.45, 7) is 10.2. The summed E-state index contributed by atoms with van der Waals surface area (Å²) in [5, 5.41) is 0.881. The molecule has 3 atom stereocenters. The van der Waals surface area contributed by atoms with Gasteiger partial charge < -0.3 is 4.74 Å². The largest absolute Gasteiger partial charge is 0.459 e. The lowest BCUT2D eigenvalue weighted by Gasteiger charge is -2.54. The minimum Gasteiger partial charge on any atom is -0.459 e. The van der Waals surface area contributed by atoms with Crippen LogP contribution >= 0.6 is 24.0 Å². The predicted octanol–water partition coefficient (Wildman–Crippen LogP) is 5.45. The second kappa shape index (κ2) is 8.08. The molecule has 2 fully saturated rings. The summed E-state index contributed by atoms with van der Waals surface area (Å²) in [7, 11) is 0. The van der Waals surface area contributed by atoms with E-state index in [1.54, 1.807) is 0 Å². The van der Waals surface area contributed by atoms with Gasteiger partial charge in [-0.25, -0.2) is 0 Å². The molecule has 0 N–H and O–H groups in total. The van der Waals surface area contributed by atoms with Crippen LogP contribution in [0.5, 0.6) is 0 Å². The van der Waals surface area contributed by atoms with Crippen molar-refractivity contribution in [3.05, 3.63) is 34.9 Å². The van der Waals surface area contributed by atoms with E-state index in [-0.39, 0.29) is 29.4 Å². The topological polar surface area (TPSA) is 29.5 Å². The van der Waals surface area contributed by atoms with Crippen LogP contribution in [-0.4, -0.2) is 35.6 Å². The molecule has 26 heavy (non-hydrogen) atoms. The van der Waals surface area contributed by atoms with Gasteiger partial charge in [-0.2, -0.15) is 0 Å². The Morgan fingerprint density at radius 1 is 1.27 bits per heavy atom. The van der Waals surface area contributed by atoms with Gasteiger partial charge in [-0.3, -0.25) is 9.69 Å². The van der Waals surface area contributed by atoms with E-state index in [4.69, 9.17) is 16.3 Å². The Labute approximate surface area is 168 Å². The quantitative estimate of drug-likeness (QED) is 0.618. The maximum Gasteiger partial charge on any atom is 0.303 e. The van der Waals surface area contributed by atoms with Gasteiger partial charge in [0.2, 0.25) is 0 Å². The van der Waals surface area contributed by atoms with Gasteiger partial charge in [0.05, 0.1) is 0 Å². The lowest BCUT2D eigenvalue weighted by Crippen LogP contribution is -2.59. The molecule has 0 unspecified atom stereocenters. The zero-order valence-corrected chi connectivity index (χ0v) is 17.8. The number of halogens is 2. The molecule has 0 spiro atoms. The fraction of sp³-hybridized carbons (Fsp3) is 0.667. The van der Waals surface area contributed by atoms with Crippen molar-refractivity contribution in [2.45, 2.75) is 70.9 Å². The maximum atomic E-state index is 11.7. The second-order valence-electron chi connectivity index (χ2n) is 8.74. The molecular weight excluding hydrogens is 369 g/mol. The molecule has 0 aromatic heterocycles. The number of hydrogen-bond donors (Lipinski definition) is 0. The van der Waals surface area contributed by atoms with Crippen LogP contribution in [0.3, 0.4) is 0 Å². The first-order valence-electron chi connectivity index (χ1n) is 9.40. The highest BCUT2D eigenvalue weighted by Crippen LogP contribution is 2.47. The Balaban J connectivity index is 0.00000243. The van der Waals surface area contributed by atoms with Crippen molar-refractivity contribution >= 4 is 30.0 Å². The van der Waals surface area contributed by atoms with Gasteiger partial charge in [0.15, 0.2) is 0 Å². The molecule has 146 valence electrons. The van der Waals surface area contributed by atoms with E-state index in [0.29, 0.717) is 12.0 Å². The molecule has 5 heteroatoms. The third kappa shape index (κ3) is 4.21. The highest BCUT2D eigenvalue weighted by molar-refractivity contribution is 6.31. The number of esters is 1. The Bertz CT molecular complexity index is 643. The zero-order chi connectivity index (χ0) is 18.2. The molecule has 0 bridgehead atoms. The van der Waals surface area contributed by atoms with Crippen LogP contribution < -0.4 is 0 Å². The van der Waals surface area contributed by atoms with Crippen LogP contribution in [0.1, 0.15) is 64.9 Å². The molecular formula is C21H31Cl2NO2. The van der Waals surface area contributed by atoms with Gasteiger partial charge in [0.1, 0.15) is 5.60 Å². The molecule has 2 aliphatic heterocycles. The van der Waals surface area contributed by atoms with Crippen LogP contribution in [0.15, 0.2) is 24.3 Å². The predicted molar refractivity (Wildman–Crippen MR) is 109 cm³/mol. The molecule has 0 saturated carbocycles. The van der Waals surface area contributed by atoms with E-state index in [0.717, 1.165) is 43.8 Å². The fourth-order valence-corrected chi connectivity index (χ4v) is 4.96. The van der Waals surface area contributed by atoms with E-state index in [2.05, 4.69) is 37.8 Å². The molecule has 3 nitrogen and oxygen atoms in total. The number of ether oxygens (including phenoxy) is 1. The summed E-state index contributed by atoms with van der Waals surface area (Å²) in [4.78, 5) is 14.3. The normalized spacial score (nSPS) is 29.4. The first-order valence-corrected chi connectivity index (χ1v) is 9.78. The van der Waals surface area contributed by atoms with Crippen molar-refractivity contribution in [3.63, 3.8) is 0 Å². The van der Waals surface area contributed by atoms with Crippen LogP contribution in [0, 0.1) is 5.41 Å². The minimum absolute atomic E-state index is 0. The number of carbonyl (C=O) groups excluding carboxylic acids is 1. The Kier molecular flexibility index (Phi) is 6.69. The number of benzene rings is 1. The monoisotopic (exact) mass is 399 g/mol. The van der Waals surface area contributed by atoms with Crippen LogP contribution in [0.2, 0.25) is 5.02 Å². The first-order chi connectivity index (χ1) is 11.7. The highest BCUT2D eigenvalue weighted by atomic mass is 35.5. The van der Waals surface area contributed by atoms with E-state index < -0.39 is 0 Å². The average molecular weight is 400 g/mol. The van der Waals surface area contributed by atoms with Crippen molar-refractivity contribution < 1.29 is 9.53 Å². The molecule has 0 aliphatic carbocycles. The number of fused-ring (bicyclic) bond motifs is 1. The van der Waals surface area contributed by atoms with E-state index >= 15 is 0 Å². The van der Waals surface area contributed by atoms with E-state index in [1.807, 2.05) is 12.1 Å². The van der Waals surface area contributed by atoms with Gasteiger partial charge in [-0.1, -0.05) is 50.6 Å². The van der Waals surface area contributed by atoms with Gasteiger partial charge >= 0.3 is 5.97 Å². The summed E-state index contributed by atoms with van der Waals surface area (Å²) in [5.74, 6) is 0.342. The number of hydrogen-bond acceptors (Lipinski definition) is 3. The zero-order valence-electron chi connectivity index (χ0n) is 16.3. The molecule has 2 aliphatic rings. The Morgan fingerprint density at radius 2 is 1.96 bits per heavy atom. The fourth-order valence-electron chi connectivity index (χ4n) is 4.67. The summed E-state index contributed by atoms with van der Waals surface area (Å²) in [5.41, 5.74) is 0.872. The average Bonchev–Trinajstić information content (AvgIpc) is 2.53. The highest BCUT2D eigenvalue weighted by Gasteiger charge is 2.51. The van der Waals surface area contributed by atoms with Crippen LogP contribution in [0.25, 0.3) is 0 Å². The lowest BCUT2D eigenvalue weighted by molar-refractivity contribution is -0.186. The first kappa shape index (κ1) is 21.5. The summed E-state index contributed by atoms with van der Waals surface area (Å²) >= 11 is 6.42. The molecule has 2 heterocycles. The summed E-state index contributed by atoms with van der Waals surface area (Å²) < 4.78 is 5.94. The van der Waals surface area contributed by atoms with E-state index in [9.17, 15) is 4.79 Å². The van der Waals surface area contributed by atoms with Gasteiger partial charge in [-0.15, -0.1) is 12.4 Å². The number of nitrogens with zero attached hydrogens (tertiary/aromatic N) is 1. The number of carbonyl (C=O) groups is 1. The van der Waals surface area contributed by atoms with Crippen LogP contribution in [-0.2, 0) is 9.53 Å². The third-order valence-electron chi connectivity index (χ3n) is 6.24. The van der Waals surface area contributed by atoms with Gasteiger partial charge in [0.25, 0.3) is 0 Å². The maximum absolute atomic E-state index is 11.7. The molecule has 3 rings (SSSR count). The van der Waals surface area contributed by atoms with Crippen molar-refractivity contribution in [1.82, 2.24) is 4.90 Å². The standard InChI is InChI=1S/C21H30ClNO2.ClH/c1-15(24)25-21(20(2,3)4)11-12-23-14-16(9-10-17(23)13-21)18-7-5-6-8-19(18)22;/h5-8,16-17H,9-14H2,1-4H3;1H/t16-,17-,21-;/m1./s1. The molecule has 1 aromatic rings. The smallest absolute Gasteiger partial charge is 0.303 e. The van der Waals surface area contributed by atoms with E-state index in [1.165, 1.54) is 12.5 Å². The number of piperidine rings is 2.